The molecule has 0 rings (SSSR count). The van der Waals surface area contributed by atoms with Crippen molar-refractivity contribution in [2.45, 2.75) is 5.02 Å². The molecule has 0 aliphatic heterocycles. The van der Waals surface area contributed by atoms with Crippen molar-refractivity contribution in [1.29, 1.82) is 0 Å². The molecule has 0 amide bonds. The van der Waals surface area contributed by atoms with Crippen LogP contribution in [-0.4, -0.2) is 23.9 Å². The van der Waals surface area contributed by atoms with Gasteiger partial charge in [0.25, 0.3) is 0 Å². The van der Waals surface area contributed by atoms with Crippen LogP contribution < -0.4 is 0 Å². The molecule has 0 aliphatic rings. The second kappa shape index (κ2) is 8.94. The zero-order valence-corrected chi connectivity index (χ0v) is 10.4. The maximum atomic E-state index is 3.51. The van der Waals surface area contributed by atoms with Crippen molar-refractivity contribution < 1.29 is 18.3 Å². The topological polar surface area (TPSA) is 0 Å². The second-order valence-corrected chi connectivity index (χ2v) is 1.79. The molecular weight excluding hydrogens is 220 g/mol. The van der Waals surface area contributed by atoms with Crippen LogP contribution in [0.25, 0.3) is 0 Å². The van der Waals surface area contributed by atoms with Gasteiger partial charge in [0.2, 0.25) is 0 Å². The van der Waals surface area contributed by atoms with Crippen LogP contribution in [0.3, 0.4) is 0 Å². The van der Waals surface area contributed by atoms with E-state index in [0.717, 1.165) is 0 Å². The third-order valence-corrected chi connectivity index (χ3v) is 1.06. The SMILES string of the molecule is C=C[CH2][Zn].[SnH2]. The quantitative estimate of drug-likeness (QED) is 0.444. The predicted molar refractivity (Wildman–Crippen MR) is 23.5 cm³/mol. The molecular formula is C3H7SnZn. The number of allylic oxidation sites excluding steroid dienone is 1. The van der Waals surface area contributed by atoms with Crippen LogP contribution in [0.15, 0.2) is 12.7 Å². The van der Waals surface area contributed by atoms with Gasteiger partial charge in [-0.05, 0) is 0 Å². The molecule has 0 saturated carbocycles. The Morgan fingerprint density at radius 3 is 2.00 bits per heavy atom. The van der Waals surface area contributed by atoms with Crippen LogP contribution in [0.4, 0.5) is 0 Å². The number of hydrogen-bond acceptors (Lipinski definition) is 0. The van der Waals surface area contributed by atoms with Crippen molar-refractivity contribution in [3.63, 3.8) is 0 Å². The molecule has 0 atom stereocenters. The molecule has 0 aromatic heterocycles. The summed E-state index contributed by atoms with van der Waals surface area (Å²) in [6, 6.07) is 0. The summed E-state index contributed by atoms with van der Waals surface area (Å²) in [7, 11) is 0. The van der Waals surface area contributed by atoms with E-state index in [1.807, 2.05) is 6.08 Å². The molecule has 0 heterocycles. The summed E-state index contributed by atoms with van der Waals surface area (Å²) < 4.78 is 0. The molecule has 0 bridgehead atoms. The summed E-state index contributed by atoms with van der Waals surface area (Å²) in [6.07, 6.45) is 1.93. The third kappa shape index (κ3) is 11.0. The summed E-state index contributed by atoms with van der Waals surface area (Å²) in [4.78, 5) is 0. The minimum absolute atomic E-state index is 0. The summed E-state index contributed by atoms with van der Waals surface area (Å²) in [6.45, 7) is 3.51. The van der Waals surface area contributed by atoms with Crippen LogP contribution in [-0.2, 0) is 18.3 Å². The third-order valence-electron chi connectivity index (χ3n) is 0.204. The second-order valence-electron chi connectivity index (χ2n) is 0.577. The van der Waals surface area contributed by atoms with Crippen molar-refractivity contribution in [2.24, 2.45) is 0 Å². The van der Waals surface area contributed by atoms with Crippen molar-refractivity contribution in [3.8, 4) is 0 Å². The van der Waals surface area contributed by atoms with Crippen LogP contribution in [0, 0.1) is 0 Å². The zero-order valence-electron chi connectivity index (χ0n) is 3.41. The monoisotopic (exact) mass is 227 g/mol. The van der Waals surface area contributed by atoms with Gasteiger partial charge in [0.1, 0.15) is 0 Å². The van der Waals surface area contributed by atoms with Gasteiger partial charge in [-0.2, -0.15) is 0 Å². The van der Waals surface area contributed by atoms with E-state index >= 15 is 0 Å². The Hall–Kier alpha value is 1.16. The fourth-order valence-electron chi connectivity index (χ4n) is 0. The van der Waals surface area contributed by atoms with Crippen molar-refractivity contribution in [3.05, 3.63) is 12.7 Å². The van der Waals surface area contributed by atoms with Crippen LogP contribution in [0.5, 0.6) is 0 Å². The summed E-state index contributed by atoms with van der Waals surface area (Å²) in [5.74, 6) is 0. The molecule has 0 fully saturated rings. The zero-order chi connectivity index (χ0) is 3.41. The van der Waals surface area contributed by atoms with Gasteiger partial charge < -0.3 is 0 Å². The Kier molecular flexibility index (Phi) is 17.0. The van der Waals surface area contributed by atoms with Gasteiger partial charge in [0.05, 0.1) is 0 Å². The first kappa shape index (κ1) is 9.48. The molecule has 0 N–H and O–H groups in total. The fraction of sp³-hybridized carbons (Fsp3) is 0.333. The molecule has 0 unspecified atom stereocenters. The first-order valence-corrected chi connectivity index (χ1v) is 3.41. The molecule has 0 saturated heterocycles. The normalized spacial score (nSPS) is 5.20. The summed E-state index contributed by atoms with van der Waals surface area (Å²) in [5, 5.41) is 1.21. The van der Waals surface area contributed by atoms with E-state index < -0.39 is 0 Å². The van der Waals surface area contributed by atoms with Gasteiger partial charge in [-0.3, -0.25) is 0 Å². The fourth-order valence-corrected chi connectivity index (χ4v) is 0. The van der Waals surface area contributed by atoms with Crippen molar-refractivity contribution in [2.75, 3.05) is 0 Å². The van der Waals surface area contributed by atoms with Gasteiger partial charge in [-0.1, -0.05) is 0 Å². The van der Waals surface area contributed by atoms with Gasteiger partial charge >= 0.3 is 59.9 Å². The van der Waals surface area contributed by atoms with Gasteiger partial charge in [-0.25, -0.2) is 0 Å². The van der Waals surface area contributed by atoms with Crippen LogP contribution in [0.2, 0.25) is 5.02 Å². The standard InChI is InChI=1S/C3H5.Sn.Zn.2H/c1-3-2;;;;/h3H,1-2H2;;;;. The van der Waals surface area contributed by atoms with E-state index in [1.54, 1.807) is 0 Å². The van der Waals surface area contributed by atoms with Crippen molar-refractivity contribution >= 4 is 23.9 Å². The van der Waals surface area contributed by atoms with E-state index in [9.17, 15) is 0 Å². The molecule has 0 aromatic rings. The molecule has 2 radical (unpaired) electrons. The van der Waals surface area contributed by atoms with Gasteiger partial charge in [0.15, 0.2) is 0 Å². The molecule has 0 spiro atoms. The molecule has 0 aliphatic carbocycles. The van der Waals surface area contributed by atoms with Gasteiger partial charge in [-0.15, -0.1) is 0 Å². The number of rotatable bonds is 1. The summed E-state index contributed by atoms with van der Waals surface area (Å²) in [5.41, 5.74) is 0. The van der Waals surface area contributed by atoms with E-state index in [1.165, 1.54) is 23.3 Å². The Bertz CT molecular complexity index is 20.9. The molecule has 25 valence electrons. The summed E-state index contributed by atoms with van der Waals surface area (Å²) >= 11 is 1.35. The van der Waals surface area contributed by atoms with E-state index in [2.05, 4.69) is 6.58 Å². The first-order valence-electron chi connectivity index (χ1n) is 1.32. The van der Waals surface area contributed by atoms with Gasteiger partial charge in [0, 0.05) is 0 Å². The van der Waals surface area contributed by atoms with E-state index in [4.69, 9.17) is 0 Å². The Labute approximate surface area is 59.7 Å². The van der Waals surface area contributed by atoms with Crippen LogP contribution in [0.1, 0.15) is 0 Å². The van der Waals surface area contributed by atoms with Crippen molar-refractivity contribution in [1.82, 2.24) is 0 Å². The minimum atomic E-state index is 0. The molecule has 0 aromatic carbocycles. The molecule has 5 heavy (non-hydrogen) atoms. The Morgan fingerprint density at radius 1 is 1.80 bits per heavy atom. The van der Waals surface area contributed by atoms with E-state index in [0.29, 0.717) is 0 Å². The Morgan fingerprint density at radius 2 is 2.00 bits per heavy atom. The molecule has 0 nitrogen and oxygen atoms in total. The maximum absolute atomic E-state index is 3.51. The predicted octanol–water partition coefficient (Wildman–Crippen LogP) is 0.221. The Balaban J connectivity index is 0. The molecule has 2 heteroatoms. The number of hydrogen-bond donors (Lipinski definition) is 0. The average molecular weight is 227 g/mol. The van der Waals surface area contributed by atoms with Crippen LogP contribution >= 0.6 is 0 Å². The average Bonchev–Trinajstić information content (AvgIpc) is 1.37. The van der Waals surface area contributed by atoms with E-state index in [-0.39, 0.29) is 23.9 Å². The first-order chi connectivity index (χ1) is 1.91.